The summed E-state index contributed by atoms with van der Waals surface area (Å²) >= 11 is 6.08. The fourth-order valence-electron chi connectivity index (χ4n) is 3.44. The van der Waals surface area contributed by atoms with E-state index in [9.17, 15) is 9.59 Å². The van der Waals surface area contributed by atoms with Gasteiger partial charge in [0, 0.05) is 10.7 Å². The molecular weight excluding hydrogens is 428 g/mol. The number of amides is 2. The van der Waals surface area contributed by atoms with E-state index in [1.54, 1.807) is 29.2 Å². The van der Waals surface area contributed by atoms with Gasteiger partial charge in [-0.1, -0.05) is 42.8 Å². The van der Waals surface area contributed by atoms with Gasteiger partial charge >= 0.3 is 0 Å². The number of anilines is 2. The van der Waals surface area contributed by atoms with Crippen LogP contribution in [0.15, 0.2) is 66.7 Å². The van der Waals surface area contributed by atoms with Crippen LogP contribution < -0.4 is 19.7 Å². The minimum Gasteiger partial charge on any atom is -0.484 e. The fourth-order valence-corrected chi connectivity index (χ4v) is 3.65. The molecule has 1 heterocycles. The Morgan fingerprint density at radius 3 is 2.66 bits per heavy atom. The molecule has 0 bridgehead atoms. The molecule has 0 atom stereocenters. The molecule has 1 aliphatic heterocycles. The summed E-state index contributed by atoms with van der Waals surface area (Å²) in [4.78, 5) is 26.6. The van der Waals surface area contributed by atoms with Gasteiger partial charge in [-0.2, -0.15) is 0 Å². The van der Waals surface area contributed by atoms with Crippen molar-refractivity contribution in [1.82, 2.24) is 0 Å². The summed E-state index contributed by atoms with van der Waals surface area (Å²) in [6.07, 6.45) is 0.944. The number of ether oxygens (including phenoxy) is 2. The van der Waals surface area contributed by atoms with E-state index < -0.39 is 0 Å². The molecule has 2 amide bonds. The summed E-state index contributed by atoms with van der Waals surface area (Å²) in [5.74, 6) is 0.750. The van der Waals surface area contributed by atoms with Crippen molar-refractivity contribution in [2.24, 2.45) is 0 Å². The van der Waals surface area contributed by atoms with Gasteiger partial charge in [0.25, 0.3) is 11.8 Å². The first kappa shape index (κ1) is 21.7. The van der Waals surface area contributed by atoms with Crippen molar-refractivity contribution in [3.05, 3.63) is 82.9 Å². The highest BCUT2D eigenvalue weighted by molar-refractivity contribution is 6.30. The summed E-state index contributed by atoms with van der Waals surface area (Å²) in [7, 11) is 0. The maximum absolute atomic E-state index is 12.5. The molecule has 0 saturated heterocycles. The summed E-state index contributed by atoms with van der Waals surface area (Å²) in [6, 6.07) is 20.2. The largest absolute Gasteiger partial charge is 0.484 e. The van der Waals surface area contributed by atoms with Crippen molar-refractivity contribution in [3.63, 3.8) is 0 Å². The Morgan fingerprint density at radius 1 is 1.09 bits per heavy atom. The number of carbonyl (C=O) groups is 2. The molecule has 0 aliphatic carbocycles. The van der Waals surface area contributed by atoms with E-state index in [-0.39, 0.29) is 25.0 Å². The lowest BCUT2D eigenvalue weighted by Crippen LogP contribution is -2.38. The number of fused-ring (bicyclic) bond motifs is 1. The topological polar surface area (TPSA) is 67.9 Å². The number of aryl methyl sites for hydroxylation is 1. The Kier molecular flexibility index (Phi) is 6.61. The van der Waals surface area contributed by atoms with Gasteiger partial charge in [0.15, 0.2) is 13.2 Å². The lowest BCUT2D eigenvalue weighted by Gasteiger charge is -2.30. The zero-order valence-corrected chi connectivity index (χ0v) is 18.4. The third-order valence-corrected chi connectivity index (χ3v) is 5.35. The fraction of sp³-hybridized carbons (Fsp3) is 0.200. The lowest BCUT2D eigenvalue weighted by molar-refractivity contribution is -0.121. The Labute approximate surface area is 191 Å². The highest BCUT2D eigenvalue weighted by Crippen LogP contribution is 2.35. The molecule has 32 heavy (non-hydrogen) atoms. The van der Waals surface area contributed by atoms with Crippen molar-refractivity contribution >= 4 is 34.8 Å². The molecule has 0 unspecified atom stereocenters. The van der Waals surface area contributed by atoms with Gasteiger partial charge < -0.3 is 19.7 Å². The zero-order chi connectivity index (χ0) is 22.5. The zero-order valence-electron chi connectivity index (χ0n) is 17.6. The molecule has 6 nitrogen and oxygen atoms in total. The lowest BCUT2D eigenvalue weighted by atomic mass is 10.1. The summed E-state index contributed by atoms with van der Waals surface area (Å²) in [6.45, 7) is 2.27. The number of carbonyl (C=O) groups excluding carboxylic acids is 2. The standard InChI is InChI=1S/C25H23ClN2O4/c1-2-17-6-9-21(10-7-17)31-15-24(29)27-20-8-11-23-22(13-20)28(25(30)16-32-23)14-18-4-3-5-19(26)12-18/h3-13H,2,14-16H2,1H3,(H,27,29). The van der Waals surface area contributed by atoms with E-state index in [0.29, 0.717) is 34.4 Å². The molecule has 1 N–H and O–H groups in total. The molecule has 164 valence electrons. The predicted molar refractivity (Wildman–Crippen MR) is 125 cm³/mol. The molecule has 4 rings (SSSR count). The van der Waals surface area contributed by atoms with Crippen molar-refractivity contribution in [1.29, 1.82) is 0 Å². The van der Waals surface area contributed by atoms with Gasteiger partial charge in [0.05, 0.1) is 12.2 Å². The first-order valence-electron chi connectivity index (χ1n) is 10.3. The second-order valence-corrected chi connectivity index (χ2v) is 7.85. The van der Waals surface area contributed by atoms with Crippen LogP contribution in [0, 0.1) is 0 Å². The first-order chi connectivity index (χ1) is 15.5. The van der Waals surface area contributed by atoms with E-state index in [2.05, 4.69) is 12.2 Å². The van der Waals surface area contributed by atoms with Gasteiger partial charge in [-0.15, -0.1) is 0 Å². The number of nitrogens with one attached hydrogen (secondary N) is 1. The minimum absolute atomic E-state index is 0.0378. The van der Waals surface area contributed by atoms with Crippen molar-refractivity contribution < 1.29 is 19.1 Å². The quantitative estimate of drug-likeness (QED) is 0.559. The number of hydrogen-bond acceptors (Lipinski definition) is 4. The molecule has 0 radical (unpaired) electrons. The van der Waals surface area contributed by atoms with E-state index in [1.165, 1.54) is 5.56 Å². The molecule has 0 spiro atoms. The first-order valence-corrected chi connectivity index (χ1v) is 10.7. The van der Waals surface area contributed by atoms with E-state index in [4.69, 9.17) is 21.1 Å². The molecular formula is C25H23ClN2O4. The number of hydrogen-bond donors (Lipinski definition) is 1. The molecule has 1 aliphatic rings. The average molecular weight is 451 g/mol. The van der Waals surface area contributed by atoms with Crippen molar-refractivity contribution in [2.75, 3.05) is 23.4 Å². The van der Waals surface area contributed by atoms with Crippen LogP contribution in [0.5, 0.6) is 11.5 Å². The van der Waals surface area contributed by atoms with E-state index >= 15 is 0 Å². The maximum atomic E-state index is 12.5. The number of benzene rings is 3. The van der Waals surface area contributed by atoms with Gasteiger partial charge in [-0.3, -0.25) is 9.59 Å². The van der Waals surface area contributed by atoms with Crippen LogP contribution in [0.2, 0.25) is 5.02 Å². The summed E-state index contributed by atoms with van der Waals surface area (Å²) in [5, 5.41) is 3.42. The monoisotopic (exact) mass is 450 g/mol. The third kappa shape index (κ3) is 5.21. The normalized spacial score (nSPS) is 12.7. The molecule has 3 aromatic carbocycles. The van der Waals surface area contributed by atoms with Crippen LogP contribution >= 0.6 is 11.6 Å². The SMILES string of the molecule is CCc1ccc(OCC(=O)Nc2ccc3c(c2)N(Cc2cccc(Cl)c2)C(=O)CO3)cc1. The summed E-state index contributed by atoms with van der Waals surface area (Å²) < 4.78 is 11.1. The van der Waals surface area contributed by atoms with Crippen molar-refractivity contribution in [2.45, 2.75) is 19.9 Å². The van der Waals surface area contributed by atoms with Crippen LogP contribution in [0.1, 0.15) is 18.1 Å². The van der Waals surface area contributed by atoms with Crippen LogP contribution in [-0.2, 0) is 22.6 Å². The molecule has 0 aromatic heterocycles. The molecule has 0 saturated carbocycles. The molecule has 3 aromatic rings. The highest BCUT2D eigenvalue weighted by Gasteiger charge is 2.26. The number of nitrogens with zero attached hydrogens (tertiary/aromatic N) is 1. The number of halogens is 1. The van der Waals surface area contributed by atoms with E-state index in [1.807, 2.05) is 42.5 Å². The average Bonchev–Trinajstić information content (AvgIpc) is 2.80. The minimum atomic E-state index is -0.297. The number of rotatable bonds is 7. The maximum Gasteiger partial charge on any atom is 0.265 e. The Bertz CT molecular complexity index is 1130. The third-order valence-electron chi connectivity index (χ3n) is 5.12. The Balaban J connectivity index is 1.44. The molecule has 7 heteroatoms. The second-order valence-electron chi connectivity index (χ2n) is 7.42. The van der Waals surface area contributed by atoms with Gasteiger partial charge in [0.2, 0.25) is 0 Å². The van der Waals surface area contributed by atoms with Gasteiger partial charge in [-0.25, -0.2) is 0 Å². The second kappa shape index (κ2) is 9.75. The highest BCUT2D eigenvalue weighted by atomic mass is 35.5. The van der Waals surface area contributed by atoms with E-state index in [0.717, 1.165) is 12.0 Å². The smallest absolute Gasteiger partial charge is 0.265 e. The van der Waals surface area contributed by atoms with Crippen LogP contribution in [0.25, 0.3) is 0 Å². The van der Waals surface area contributed by atoms with Crippen LogP contribution in [0.4, 0.5) is 11.4 Å². The Hall–Kier alpha value is -3.51. The van der Waals surface area contributed by atoms with Crippen molar-refractivity contribution in [3.8, 4) is 11.5 Å². The van der Waals surface area contributed by atoms with Gasteiger partial charge in [0.1, 0.15) is 11.5 Å². The van der Waals surface area contributed by atoms with Gasteiger partial charge in [-0.05, 0) is 60.0 Å². The predicted octanol–water partition coefficient (Wildman–Crippen LogP) is 4.85. The summed E-state index contributed by atoms with van der Waals surface area (Å²) in [5.41, 5.74) is 3.24. The van der Waals surface area contributed by atoms with Crippen LogP contribution in [-0.4, -0.2) is 25.0 Å². The van der Waals surface area contributed by atoms with Crippen LogP contribution in [0.3, 0.4) is 0 Å². The molecule has 0 fully saturated rings. The Morgan fingerprint density at radius 2 is 1.91 bits per heavy atom.